The van der Waals surface area contributed by atoms with Crippen LogP contribution >= 0.6 is 0 Å². The molecule has 0 fully saturated rings. The van der Waals surface area contributed by atoms with Crippen molar-refractivity contribution in [3.8, 4) is 0 Å². The monoisotopic (exact) mass is 178 g/mol. The maximum atomic E-state index is 9.57. The molecule has 0 aliphatic rings. The quantitative estimate of drug-likeness (QED) is 0.584. The number of hydrogen-bond acceptors (Lipinski definition) is 4. The third-order valence-electron chi connectivity index (χ3n) is 1.23. The summed E-state index contributed by atoms with van der Waals surface area (Å²) in [5, 5.41) is 9.57. The van der Waals surface area contributed by atoms with E-state index in [2.05, 4.69) is 0 Å². The number of ether oxygens (including phenoxy) is 3. The zero-order chi connectivity index (χ0) is 9.45. The third kappa shape index (κ3) is 4.66. The highest BCUT2D eigenvalue weighted by Crippen LogP contribution is 2.09. The first-order chi connectivity index (χ1) is 5.68. The summed E-state index contributed by atoms with van der Waals surface area (Å²) in [7, 11) is 1.49. The van der Waals surface area contributed by atoms with Crippen LogP contribution in [0.4, 0.5) is 0 Å². The molecule has 0 spiro atoms. The van der Waals surface area contributed by atoms with Crippen molar-refractivity contribution in [2.45, 2.75) is 26.2 Å². The van der Waals surface area contributed by atoms with E-state index in [1.54, 1.807) is 6.92 Å². The molecular weight excluding hydrogens is 160 g/mol. The van der Waals surface area contributed by atoms with Gasteiger partial charge in [-0.3, -0.25) is 0 Å². The van der Waals surface area contributed by atoms with Crippen LogP contribution in [0.5, 0.6) is 0 Å². The summed E-state index contributed by atoms with van der Waals surface area (Å²) < 4.78 is 14.8. The van der Waals surface area contributed by atoms with Gasteiger partial charge in [-0.15, -0.1) is 0 Å². The van der Waals surface area contributed by atoms with Crippen LogP contribution in [0.1, 0.15) is 20.3 Å². The van der Waals surface area contributed by atoms with Gasteiger partial charge in [0, 0.05) is 13.7 Å². The van der Waals surface area contributed by atoms with Gasteiger partial charge in [0.15, 0.2) is 0 Å². The van der Waals surface area contributed by atoms with Gasteiger partial charge < -0.3 is 19.3 Å². The summed E-state index contributed by atoms with van der Waals surface area (Å²) in [6.45, 7) is 4.62. The molecule has 74 valence electrons. The van der Waals surface area contributed by atoms with Gasteiger partial charge >= 0.3 is 5.97 Å². The Labute approximate surface area is 73.4 Å². The summed E-state index contributed by atoms with van der Waals surface area (Å²) in [4.78, 5) is 0. The molecule has 0 aliphatic carbocycles. The highest BCUT2D eigenvalue weighted by atomic mass is 16.8. The average Bonchev–Trinajstić information content (AvgIpc) is 2.02. The molecule has 1 unspecified atom stereocenters. The summed E-state index contributed by atoms with van der Waals surface area (Å²) in [6, 6.07) is 0. The number of rotatable bonds is 7. The normalized spacial score (nSPS) is 16.0. The standard InChI is InChI=1S/C8H18O4/c1-4-6-12-8(9,7-10-3)11-5-2/h9H,4-7H2,1-3H3. The lowest BCUT2D eigenvalue weighted by Gasteiger charge is -2.26. The Balaban J connectivity index is 3.80. The van der Waals surface area contributed by atoms with Gasteiger partial charge in [0.25, 0.3) is 0 Å². The van der Waals surface area contributed by atoms with Crippen LogP contribution in [-0.2, 0) is 14.2 Å². The Morgan fingerprint density at radius 3 is 2.33 bits per heavy atom. The zero-order valence-electron chi connectivity index (χ0n) is 8.00. The topological polar surface area (TPSA) is 47.9 Å². The SMILES string of the molecule is CCCOC(O)(COC)OCC. The van der Waals surface area contributed by atoms with Crippen LogP contribution in [0, 0.1) is 0 Å². The van der Waals surface area contributed by atoms with Gasteiger partial charge in [-0.25, -0.2) is 0 Å². The Kier molecular flexibility index (Phi) is 6.28. The highest BCUT2D eigenvalue weighted by Gasteiger charge is 2.28. The van der Waals surface area contributed by atoms with Crippen LogP contribution in [0.2, 0.25) is 0 Å². The third-order valence-corrected chi connectivity index (χ3v) is 1.23. The van der Waals surface area contributed by atoms with Gasteiger partial charge in [0.1, 0.15) is 6.61 Å². The van der Waals surface area contributed by atoms with E-state index < -0.39 is 5.97 Å². The minimum Gasteiger partial charge on any atom is -0.376 e. The smallest absolute Gasteiger partial charge is 0.305 e. The van der Waals surface area contributed by atoms with E-state index in [1.807, 2.05) is 6.92 Å². The van der Waals surface area contributed by atoms with Crippen molar-refractivity contribution < 1.29 is 19.3 Å². The molecule has 0 bridgehead atoms. The molecule has 0 rings (SSSR count). The number of aliphatic hydroxyl groups is 1. The zero-order valence-corrected chi connectivity index (χ0v) is 8.00. The van der Waals surface area contributed by atoms with E-state index >= 15 is 0 Å². The van der Waals surface area contributed by atoms with Crippen LogP contribution in [0.3, 0.4) is 0 Å². The van der Waals surface area contributed by atoms with E-state index in [0.29, 0.717) is 13.2 Å². The van der Waals surface area contributed by atoms with E-state index in [0.717, 1.165) is 6.42 Å². The molecule has 4 heteroatoms. The fourth-order valence-corrected chi connectivity index (χ4v) is 0.794. The van der Waals surface area contributed by atoms with Crippen LogP contribution in [0.25, 0.3) is 0 Å². The second kappa shape index (κ2) is 6.37. The van der Waals surface area contributed by atoms with E-state index in [1.165, 1.54) is 7.11 Å². The van der Waals surface area contributed by atoms with E-state index in [-0.39, 0.29) is 6.61 Å². The first-order valence-electron chi connectivity index (χ1n) is 4.17. The predicted molar refractivity (Wildman–Crippen MR) is 44.7 cm³/mol. The maximum Gasteiger partial charge on any atom is 0.305 e. The minimum atomic E-state index is -1.57. The average molecular weight is 178 g/mol. The largest absolute Gasteiger partial charge is 0.376 e. The molecule has 0 aliphatic heterocycles. The van der Waals surface area contributed by atoms with Crippen molar-refractivity contribution in [1.29, 1.82) is 0 Å². The molecule has 0 amide bonds. The van der Waals surface area contributed by atoms with Gasteiger partial charge in [0.05, 0.1) is 6.61 Å². The molecule has 0 saturated carbocycles. The molecule has 1 N–H and O–H groups in total. The Morgan fingerprint density at radius 2 is 1.92 bits per heavy atom. The lowest BCUT2D eigenvalue weighted by molar-refractivity contribution is -0.372. The van der Waals surface area contributed by atoms with Crippen molar-refractivity contribution >= 4 is 0 Å². The summed E-state index contributed by atoms with van der Waals surface area (Å²) >= 11 is 0. The Morgan fingerprint density at radius 1 is 1.25 bits per heavy atom. The van der Waals surface area contributed by atoms with Crippen LogP contribution in [-0.4, -0.2) is 38.0 Å². The van der Waals surface area contributed by atoms with Gasteiger partial charge in [-0.1, -0.05) is 6.92 Å². The fourth-order valence-electron chi connectivity index (χ4n) is 0.794. The van der Waals surface area contributed by atoms with E-state index in [4.69, 9.17) is 14.2 Å². The Hall–Kier alpha value is -0.160. The van der Waals surface area contributed by atoms with Gasteiger partial charge in [0.2, 0.25) is 0 Å². The summed E-state index contributed by atoms with van der Waals surface area (Å²) in [5.74, 6) is -1.57. The van der Waals surface area contributed by atoms with Crippen molar-refractivity contribution in [1.82, 2.24) is 0 Å². The first-order valence-corrected chi connectivity index (χ1v) is 4.17. The lowest BCUT2D eigenvalue weighted by atomic mass is 10.5. The van der Waals surface area contributed by atoms with Gasteiger partial charge in [-0.05, 0) is 13.3 Å². The second-order valence-corrected chi connectivity index (χ2v) is 2.43. The van der Waals surface area contributed by atoms with Gasteiger partial charge in [-0.2, -0.15) is 0 Å². The molecule has 1 atom stereocenters. The predicted octanol–water partition coefficient (Wildman–Crippen LogP) is 0.742. The molecular formula is C8H18O4. The van der Waals surface area contributed by atoms with Crippen molar-refractivity contribution in [3.63, 3.8) is 0 Å². The molecule has 0 saturated heterocycles. The molecule has 4 nitrogen and oxygen atoms in total. The summed E-state index contributed by atoms with van der Waals surface area (Å²) in [6.07, 6.45) is 0.832. The molecule has 0 heterocycles. The minimum absolute atomic E-state index is 0.0286. The Bertz CT molecular complexity index is 99.2. The van der Waals surface area contributed by atoms with Crippen molar-refractivity contribution in [3.05, 3.63) is 0 Å². The summed E-state index contributed by atoms with van der Waals surface area (Å²) in [5.41, 5.74) is 0. The van der Waals surface area contributed by atoms with E-state index in [9.17, 15) is 5.11 Å². The second-order valence-electron chi connectivity index (χ2n) is 2.43. The lowest BCUT2D eigenvalue weighted by Crippen LogP contribution is -2.40. The number of hydrogen-bond donors (Lipinski definition) is 1. The molecule has 0 aromatic carbocycles. The van der Waals surface area contributed by atoms with Crippen molar-refractivity contribution in [2.24, 2.45) is 0 Å². The maximum absolute atomic E-state index is 9.57. The first kappa shape index (κ1) is 11.8. The molecule has 0 aromatic rings. The molecule has 12 heavy (non-hydrogen) atoms. The molecule has 0 radical (unpaired) electrons. The van der Waals surface area contributed by atoms with Crippen LogP contribution in [0.15, 0.2) is 0 Å². The highest BCUT2D eigenvalue weighted by molar-refractivity contribution is 4.51. The van der Waals surface area contributed by atoms with Crippen LogP contribution < -0.4 is 0 Å². The number of methoxy groups -OCH3 is 1. The van der Waals surface area contributed by atoms with Crippen molar-refractivity contribution in [2.75, 3.05) is 26.9 Å². The molecule has 0 aromatic heterocycles. The fraction of sp³-hybridized carbons (Fsp3) is 1.00.